The molecule has 26 heavy (non-hydrogen) atoms. The van der Waals surface area contributed by atoms with Gasteiger partial charge in [-0.15, -0.1) is 0 Å². The van der Waals surface area contributed by atoms with E-state index < -0.39 is 23.8 Å². The largest absolute Gasteiger partial charge is 0.480 e. The fourth-order valence-corrected chi connectivity index (χ4v) is 2.38. The molecule has 2 rings (SSSR count). The second kappa shape index (κ2) is 7.48. The number of likely N-dealkylation sites (tertiary alicyclic amines) is 1. The average Bonchev–Trinajstić information content (AvgIpc) is 2.88. The van der Waals surface area contributed by atoms with Gasteiger partial charge in [0.05, 0.1) is 13.1 Å². The van der Waals surface area contributed by atoms with E-state index in [4.69, 9.17) is 20.8 Å². The smallest absolute Gasteiger partial charge is 0.410 e. The molecule has 0 unspecified atom stereocenters. The first kappa shape index (κ1) is 19.3. The predicted octanol–water partition coefficient (Wildman–Crippen LogP) is 3.72. The number of carbonyl (C=O) groups excluding carboxylic acids is 2. The lowest BCUT2D eigenvalue weighted by Crippen LogP contribution is -2.36. The highest BCUT2D eigenvalue weighted by Gasteiger charge is 2.34. The molecule has 1 amide bonds. The number of esters is 1. The van der Waals surface area contributed by atoms with Gasteiger partial charge in [0.15, 0.2) is 17.2 Å². The number of rotatable bonds is 3. The molecule has 0 spiro atoms. The average molecular weight is 358 g/mol. The molecule has 1 aliphatic rings. The third-order valence-corrected chi connectivity index (χ3v) is 3.47. The lowest BCUT2D eigenvalue weighted by molar-refractivity contribution is -0.132. The van der Waals surface area contributed by atoms with Gasteiger partial charge in [0.25, 0.3) is 0 Å². The Morgan fingerprint density at radius 3 is 2.58 bits per heavy atom. The number of hydrogen-bond donors (Lipinski definition) is 0. The molecule has 7 heteroatoms. The number of benzene rings is 1. The maximum atomic E-state index is 12.2. The topological polar surface area (TPSA) is 69.4 Å². The molecular formula is C19H22N2O5. The van der Waals surface area contributed by atoms with E-state index in [1.54, 1.807) is 32.9 Å². The predicted molar refractivity (Wildman–Crippen MR) is 95.4 cm³/mol. The maximum Gasteiger partial charge on any atom is 0.410 e. The normalized spacial score (nSPS) is 16.8. The summed E-state index contributed by atoms with van der Waals surface area (Å²) in [4.78, 5) is 28.3. The quantitative estimate of drug-likeness (QED) is 0.356. The van der Waals surface area contributed by atoms with Gasteiger partial charge in [-0.1, -0.05) is 12.6 Å². The van der Waals surface area contributed by atoms with Crippen molar-refractivity contribution in [2.45, 2.75) is 39.4 Å². The zero-order valence-corrected chi connectivity index (χ0v) is 15.4. The third kappa shape index (κ3) is 4.99. The van der Waals surface area contributed by atoms with E-state index in [9.17, 15) is 9.59 Å². The number of nitrogens with zero attached hydrogens (tertiary/aromatic N) is 2. The van der Waals surface area contributed by atoms with Gasteiger partial charge >= 0.3 is 12.1 Å². The summed E-state index contributed by atoms with van der Waals surface area (Å²) in [7, 11) is 0. The van der Waals surface area contributed by atoms with Crippen LogP contribution in [0, 0.1) is 6.57 Å². The van der Waals surface area contributed by atoms with E-state index in [-0.39, 0.29) is 12.3 Å². The van der Waals surface area contributed by atoms with Gasteiger partial charge in [0.2, 0.25) is 0 Å². The molecule has 1 aromatic rings. The van der Waals surface area contributed by atoms with Crippen LogP contribution < -0.4 is 9.47 Å². The van der Waals surface area contributed by atoms with Crippen LogP contribution in [0.3, 0.4) is 0 Å². The summed E-state index contributed by atoms with van der Waals surface area (Å²) in [6.45, 7) is 18.3. The molecule has 0 saturated carbocycles. The van der Waals surface area contributed by atoms with Crippen molar-refractivity contribution in [1.82, 2.24) is 4.90 Å². The molecule has 1 heterocycles. The Bertz CT molecular complexity index is 773. The van der Waals surface area contributed by atoms with Crippen LogP contribution in [0.15, 0.2) is 30.4 Å². The van der Waals surface area contributed by atoms with E-state index in [0.717, 1.165) is 0 Å². The summed E-state index contributed by atoms with van der Waals surface area (Å²) in [5.74, 6) is -0.0445. The SMILES string of the molecule is [C-]#[N+]c1ccc(O[C@H]2CN(C(=O)OC(C)(C)C)CC2=C)c(OC(C)=O)c1. The second-order valence-corrected chi connectivity index (χ2v) is 6.96. The molecule has 0 bridgehead atoms. The molecule has 7 nitrogen and oxygen atoms in total. The third-order valence-electron chi connectivity index (χ3n) is 3.47. The van der Waals surface area contributed by atoms with Crippen LogP contribution in [-0.2, 0) is 9.53 Å². The van der Waals surface area contributed by atoms with Crippen LogP contribution in [0.1, 0.15) is 27.7 Å². The number of amides is 1. The summed E-state index contributed by atoms with van der Waals surface area (Å²) >= 11 is 0. The molecule has 1 aliphatic heterocycles. The Morgan fingerprint density at radius 1 is 1.31 bits per heavy atom. The molecule has 0 aliphatic carbocycles. The minimum absolute atomic E-state index is 0.162. The molecule has 1 fully saturated rings. The maximum absolute atomic E-state index is 12.2. The van der Waals surface area contributed by atoms with Crippen molar-refractivity contribution in [2.24, 2.45) is 0 Å². The summed E-state index contributed by atoms with van der Waals surface area (Å²) < 4.78 is 16.4. The molecule has 1 aromatic carbocycles. The van der Waals surface area contributed by atoms with Crippen molar-refractivity contribution < 1.29 is 23.8 Å². The molecule has 0 aromatic heterocycles. The van der Waals surface area contributed by atoms with Crippen molar-refractivity contribution in [1.29, 1.82) is 0 Å². The first-order valence-electron chi connectivity index (χ1n) is 8.11. The zero-order valence-electron chi connectivity index (χ0n) is 15.4. The van der Waals surface area contributed by atoms with Crippen molar-refractivity contribution in [2.75, 3.05) is 13.1 Å². The fourth-order valence-electron chi connectivity index (χ4n) is 2.38. The van der Waals surface area contributed by atoms with Crippen molar-refractivity contribution in [3.8, 4) is 11.5 Å². The van der Waals surface area contributed by atoms with E-state index in [1.165, 1.54) is 17.9 Å². The van der Waals surface area contributed by atoms with Crippen molar-refractivity contribution in [3.63, 3.8) is 0 Å². The Kier molecular flexibility index (Phi) is 5.56. The number of ether oxygens (including phenoxy) is 3. The minimum atomic E-state index is -0.588. The molecule has 0 radical (unpaired) electrons. The van der Waals surface area contributed by atoms with E-state index in [0.29, 0.717) is 23.6 Å². The Hall–Kier alpha value is -3.01. The van der Waals surface area contributed by atoms with Crippen LogP contribution in [0.2, 0.25) is 0 Å². The van der Waals surface area contributed by atoms with E-state index in [1.807, 2.05) is 0 Å². The van der Waals surface area contributed by atoms with Crippen molar-refractivity contribution in [3.05, 3.63) is 41.8 Å². The van der Waals surface area contributed by atoms with Crippen LogP contribution in [0.25, 0.3) is 4.85 Å². The zero-order chi connectivity index (χ0) is 19.5. The van der Waals surface area contributed by atoms with Gasteiger partial charge < -0.3 is 19.1 Å². The van der Waals surface area contributed by atoms with Gasteiger partial charge in [-0.2, -0.15) is 0 Å². The summed E-state index contributed by atoms with van der Waals surface area (Å²) in [6.07, 6.45) is -0.899. The van der Waals surface area contributed by atoms with Crippen LogP contribution >= 0.6 is 0 Å². The van der Waals surface area contributed by atoms with Gasteiger partial charge in [0, 0.05) is 13.5 Å². The van der Waals surface area contributed by atoms with E-state index in [2.05, 4.69) is 11.4 Å². The molecule has 1 atom stereocenters. The first-order valence-corrected chi connectivity index (χ1v) is 8.11. The first-order chi connectivity index (χ1) is 12.1. The summed E-state index contributed by atoms with van der Waals surface area (Å²) in [5.41, 5.74) is 0.447. The van der Waals surface area contributed by atoms with Gasteiger partial charge in [0.1, 0.15) is 11.7 Å². The minimum Gasteiger partial charge on any atom is -0.480 e. The Morgan fingerprint density at radius 2 is 2.00 bits per heavy atom. The van der Waals surface area contributed by atoms with Crippen LogP contribution in [0.5, 0.6) is 11.5 Å². The van der Waals surface area contributed by atoms with E-state index >= 15 is 0 Å². The highest BCUT2D eigenvalue weighted by Crippen LogP contribution is 2.34. The fraction of sp³-hybridized carbons (Fsp3) is 0.421. The van der Waals surface area contributed by atoms with Gasteiger partial charge in [-0.25, -0.2) is 9.64 Å². The molecule has 0 N–H and O–H groups in total. The second-order valence-electron chi connectivity index (χ2n) is 6.96. The summed E-state index contributed by atoms with van der Waals surface area (Å²) in [6, 6.07) is 4.57. The van der Waals surface area contributed by atoms with Crippen LogP contribution in [-0.4, -0.2) is 41.8 Å². The highest BCUT2D eigenvalue weighted by molar-refractivity contribution is 5.72. The van der Waals surface area contributed by atoms with Crippen LogP contribution in [0.4, 0.5) is 10.5 Å². The van der Waals surface area contributed by atoms with Gasteiger partial charge in [-0.3, -0.25) is 4.79 Å². The summed E-state index contributed by atoms with van der Waals surface area (Å²) in [5, 5.41) is 0. The Labute approximate surface area is 153 Å². The lowest BCUT2D eigenvalue weighted by atomic mass is 10.2. The Balaban J connectivity index is 2.14. The van der Waals surface area contributed by atoms with Gasteiger partial charge in [-0.05, 0) is 38.5 Å². The standard InChI is InChI=1S/C19H22N2O5/c1-12-10-21(18(23)26-19(3,4)5)11-17(12)25-15-8-7-14(20-6)9-16(15)24-13(2)22/h7-9,17H,1,10-11H2,2-5H3/t17-/m0/s1. The highest BCUT2D eigenvalue weighted by atomic mass is 16.6. The lowest BCUT2D eigenvalue weighted by Gasteiger charge is -2.24. The molecule has 1 saturated heterocycles. The molecular weight excluding hydrogens is 336 g/mol. The number of hydrogen-bond acceptors (Lipinski definition) is 5. The monoisotopic (exact) mass is 358 g/mol. The number of carbonyl (C=O) groups is 2. The molecule has 138 valence electrons. The van der Waals surface area contributed by atoms with Crippen molar-refractivity contribution >= 4 is 17.7 Å².